The largest absolute Gasteiger partial charge is 0.460 e. The van der Waals surface area contributed by atoms with Gasteiger partial charge in [-0.25, -0.2) is 13.2 Å². The molecule has 194 valence electrons. The van der Waals surface area contributed by atoms with Gasteiger partial charge in [0, 0.05) is 6.42 Å². The van der Waals surface area contributed by atoms with Gasteiger partial charge in [0.15, 0.2) is 5.25 Å². The summed E-state index contributed by atoms with van der Waals surface area (Å²) in [6.45, 7) is -1.47. The van der Waals surface area contributed by atoms with Gasteiger partial charge in [-0.05, 0) is 6.92 Å². The Bertz CT molecular complexity index is 792. The second kappa shape index (κ2) is 7.62. The molecule has 2 unspecified atom stereocenters. The SMILES string of the molecule is CC(F)(C(F)(F)C(CC(F)(F)C(F)(F)C(F)(F)C(F)(F)F)S(=O)(=O)O)C(F)(F)C(F)(F)F. The Balaban J connectivity index is 6.81. The molecule has 0 aromatic rings. The summed E-state index contributed by atoms with van der Waals surface area (Å²) in [6.07, 6.45) is -19.3. The summed E-state index contributed by atoms with van der Waals surface area (Å²) >= 11 is 0. The normalized spacial score (nSPS) is 19.0. The lowest BCUT2D eigenvalue weighted by Crippen LogP contribution is -2.68. The van der Waals surface area contributed by atoms with Crippen molar-refractivity contribution in [2.75, 3.05) is 0 Å². The van der Waals surface area contributed by atoms with E-state index in [-0.39, 0.29) is 0 Å². The molecule has 0 radical (unpaired) electrons. The second-order valence-electron chi connectivity index (χ2n) is 6.26. The molecular formula is C11H7F17O3S. The van der Waals surface area contributed by atoms with Crippen LogP contribution in [0.4, 0.5) is 74.6 Å². The minimum Gasteiger partial charge on any atom is -0.285 e. The predicted octanol–water partition coefficient (Wildman–Crippen LogP) is 5.66. The number of hydrogen-bond donors (Lipinski definition) is 1. The van der Waals surface area contributed by atoms with Crippen LogP contribution in [0.2, 0.25) is 0 Å². The van der Waals surface area contributed by atoms with Crippen molar-refractivity contribution >= 4 is 10.1 Å². The Kier molecular flexibility index (Phi) is 7.32. The Labute approximate surface area is 165 Å². The average Bonchev–Trinajstić information content (AvgIpc) is 2.48. The van der Waals surface area contributed by atoms with Crippen LogP contribution in [-0.4, -0.2) is 65.9 Å². The van der Waals surface area contributed by atoms with Crippen LogP contribution in [0.25, 0.3) is 0 Å². The predicted molar refractivity (Wildman–Crippen MR) is 66.3 cm³/mol. The lowest BCUT2D eigenvalue weighted by molar-refractivity contribution is -0.398. The first-order valence-corrected chi connectivity index (χ1v) is 8.52. The van der Waals surface area contributed by atoms with Crippen LogP contribution < -0.4 is 0 Å². The number of halogens is 17. The van der Waals surface area contributed by atoms with Crippen molar-refractivity contribution in [2.24, 2.45) is 0 Å². The van der Waals surface area contributed by atoms with Crippen LogP contribution in [-0.2, 0) is 10.1 Å². The van der Waals surface area contributed by atoms with Gasteiger partial charge in [0.1, 0.15) is 0 Å². The van der Waals surface area contributed by atoms with Crippen LogP contribution in [0.3, 0.4) is 0 Å². The van der Waals surface area contributed by atoms with Crippen LogP contribution in [0, 0.1) is 0 Å². The van der Waals surface area contributed by atoms with Gasteiger partial charge in [-0.3, -0.25) is 4.55 Å². The van der Waals surface area contributed by atoms with E-state index in [9.17, 15) is 83.1 Å². The third-order valence-corrected chi connectivity index (χ3v) is 5.17. The molecule has 2 atom stereocenters. The van der Waals surface area contributed by atoms with E-state index in [4.69, 9.17) is 4.55 Å². The van der Waals surface area contributed by atoms with Gasteiger partial charge in [-0.1, -0.05) is 0 Å². The topological polar surface area (TPSA) is 54.4 Å². The van der Waals surface area contributed by atoms with E-state index < -0.39 is 76.3 Å². The molecule has 21 heteroatoms. The molecule has 0 aliphatic carbocycles. The van der Waals surface area contributed by atoms with E-state index in [1.807, 2.05) is 0 Å². The Hall–Kier alpha value is -1.28. The zero-order chi connectivity index (χ0) is 26.8. The molecule has 3 nitrogen and oxygen atoms in total. The van der Waals surface area contributed by atoms with Gasteiger partial charge >= 0.3 is 42.0 Å². The highest BCUT2D eigenvalue weighted by Gasteiger charge is 2.84. The van der Waals surface area contributed by atoms with E-state index in [2.05, 4.69) is 0 Å². The zero-order valence-electron chi connectivity index (χ0n) is 14.4. The van der Waals surface area contributed by atoms with Gasteiger partial charge in [0.25, 0.3) is 10.1 Å². The number of alkyl halides is 17. The highest BCUT2D eigenvalue weighted by Crippen LogP contribution is 2.58. The molecule has 0 amide bonds. The third-order valence-electron chi connectivity index (χ3n) is 3.99. The molecule has 0 aromatic carbocycles. The van der Waals surface area contributed by atoms with Crippen molar-refractivity contribution in [3.8, 4) is 0 Å². The van der Waals surface area contributed by atoms with Gasteiger partial charge in [0.05, 0.1) is 0 Å². The van der Waals surface area contributed by atoms with E-state index >= 15 is 0 Å². The van der Waals surface area contributed by atoms with Crippen molar-refractivity contribution in [1.82, 2.24) is 0 Å². The molecular weight excluding hydrogens is 535 g/mol. The summed E-state index contributed by atoms with van der Waals surface area (Å²) < 4.78 is 249. The smallest absolute Gasteiger partial charge is 0.285 e. The zero-order valence-corrected chi connectivity index (χ0v) is 15.2. The molecule has 0 rings (SSSR count). The molecule has 1 N–H and O–H groups in total. The van der Waals surface area contributed by atoms with Gasteiger partial charge in [0.2, 0.25) is 5.67 Å². The van der Waals surface area contributed by atoms with Crippen LogP contribution in [0.5, 0.6) is 0 Å². The van der Waals surface area contributed by atoms with E-state index in [0.29, 0.717) is 0 Å². The first-order valence-electron chi connectivity index (χ1n) is 7.01. The van der Waals surface area contributed by atoms with E-state index in [0.717, 1.165) is 0 Å². The molecule has 32 heavy (non-hydrogen) atoms. The summed E-state index contributed by atoms with van der Waals surface area (Å²) in [6, 6.07) is 0. The number of hydrogen-bond acceptors (Lipinski definition) is 2. The van der Waals surface area contributed by atoms with Crippen molar-refractivity contribution in [1.29, 1.82) is 0 Å². The number of rotatable bonds is 8. The first kappa shape index (κ1) is 30.7. The monoisotopic (exact) mass is 542 g/mol. The Morgan fingerprint density at radius 3 is 1.19 bits per heavy atom. The van der Waals surface area contributed by atoms with Gasteiger partial charge in [-0.2, -0.15) is 69.9 Å². The van der Waals surface area contributed by atoms with Gasteiger partial charge in [-0.15, -0.1) is 0 Å². The molecule has 0 spiro atoms. The lowest BCUT2D eigenvalue weighted by Gasteiger charge is -2.41. The van der Waals surface area contributed by atoms with Crippen LogP contribution in [0.1, 0.15) is 13.3 Å². The minimum absolute atomic E-state index is 1.47. The fourth-order valence-electron chi connectivity index (χ4n) is 1.97. The van der Waals surface area contributed by atoms with Crippen LogP contribution in [0.15, 0.2) is 0 Å². The second-order valence-corrected chi connectivity index (χ2v) is 7.86. The Morgan fingerprint density at radius 2 is 0.938 bits per heavy atom. The third kappa shape index (κ3) is 4.54. The van der Waals surface area contributed by atoms with Crippen LogP contribution >= 0.6 is 0 Å². The quantitative estimate of drug-likeness (QED) is 0.318. The summed E-state index contributed by atoms with van der Waals surface area (Å²) in [5.74, 6) is -37.5. The van der Waals surface area contributed by atoms with E-state index in [1.165, 1.54) is 0 Å². The average molecular weight is 542 g/mol. The molecule has 0 saturated carbocycles. The summed E-state index contributed by atoms with van der Waals surface area (Å²) in [4.78, 5) is 0. The molecule has 0 fully saturated rings. The van der Waals surface area contributed by atoms with Crippen molar-refractivity contribution in [2.45, 2.75) is 66.2 Å². The Morgan fingerprint density at radius 1 is 0.625 bits per heavy atom. The van der Waals surface area contributed by atoms with E-state index in [1.54, 1.807) is 0 Å². The molecule has 0 heterocycles. The first-order chi connectivity index (χ1) is 13.3. The fraction of sp³-hybridized carbons (Fsp3) is 1.00. The molecule has 0 saturated heterocycles. The highest BCUT2D eigenvalue weighted by molar-refractivity contribution is 7.86. The van der Waals surface area contributed by atoms with Crippen molar-refractivity contribution < 1.29 is 87.6 Å². The molecule has 0 bridgehead atoms. The highest BCUT2D eigenvalue weighted by atomic mass is 32.2. The standard InChI is InChI=1S/C11H7F17O3S/c1-4(12,7(17,18)10(23,24)25)6(15,16)3(32(29,30)31)2-5(13,14)8(19,20)9(21,22)11(26,27)28/h3H,2H2,1H3,(H,29,30,31). The lowest BCUT2D eigenvalue weighted by atomic mass is 9.86. The molecule has 0 aliphatic heterocycles. The summed E-state index contributed by atoms with van der Waals surface area (Å²) in [7, 11) is -7.32. The summed E-state index contributed by atoms with van der Waals surface area (Å²) in [5, 5.41) is -5.50. The minimum atomic E-state index is -7.85. The maximum Gasteiger partial charge on any atom is 0.460 e. The molecule has 0 aliphatic rings. The van der Waals surface area contributed by atoms with Crippen molar-refractivity contribution in [3.05, 3.63) is 0 Å². The molecule has 0 aromatic heterocycles. The maximum absolute atomic E-state index is 14.0. The summed E-state index contributed by atoms with van der Waals surface area (Å²) in [5.41, 5.74) is -6.66. The maximum atomic E-state index is 14.0. The van der Waals surface area contributed by atoms with Gasteiger partial charge < -0.3 is 0 Å². The fourth-order valence-corrected chi connectivity index (χ4v) is 2.98. The van der Waals surface area contributed by atoms with Crippen molar-refractivity contribution in [3.63, 3.8) is 0 Å².